The standard InChI is InChI=1S/C20H24N2O4/c1-5-25-19-11-16(9-10-18(19)24-4)12-21-26-13-20(23)22-17-8-6-7-14(2)15(17)3/h6-12H,5,13H2,1-4H3,(H,22,23)/b21-12+. The van der Waals surface area contributed by atoms with Crippen molar-refractivity contribution in [2.45, 2.75) is 20.8 Å². The van der Waals surface area contributed by atoms with Gasteiger partial charge in [0.1, 0.15) is 0 Å². The van der Waals surface area contributed by atoms with E-state index >= 15 is 0 Å². The van der Waals surface area contributed by atoms with E-state index in [1.807, 2.05) is 45.0 Å². The molecule has 6 heteroatoms. The molecule has 0 heterocycles. The third kappa shape index (κ3) is 5.24. The average Bonchev–Trinajstić information content (AvgIpc) is 2.63. The van der Waals surface area contributed by atoms with Crippen LogP contribution in [0.3, 0.4) is 0 Å². The summed E-state index contributed by atoms with van der Waals surface area (Å²) in [5.74, 6) is 1.02. The van der Waals surface area contributed by atoms with E-state index in [1.54, 1.807) is 19.2 Å². The van der Waals surface area contributed by atoms with Gasteiger partial charge in [-0.1, -0.05) is 17.3 Å². The summed E-state index contributed by atoms with van der Waals surface area (Å²) in [7, 11) is 1.59. The molecule has 0 saturated heterocycles. The first-order valence-electron chi connectivity index (χ1n) is 8.37. The first-order valence-corrected chi connectivity index (χ1v) is 8.37. The van der Waals surface area contributed by atoms with Crippen molar-refractivity contribution in [3.63, 3.8) is 0 Å². The second-order valence-electron chi connectivity index (χ2n) is 5.65. The van der Waals surface area contributed by atoms with Gasteiger partial charge in [0.15, 0.2) is 18.1 Å². The number of carbonyl (C=O) groups is 1. The van der Waals surface area contributed by atoms with Crippen molar-refractivity contribution in [2.75, 3.05) is 25.6 Å². The Kier molecular flexibility index (Phi) is 7.02. The number of ether oxygens (including phenoxy) is 2. The van der Waals surface area contributed by atoms with Crippen molar-refractivity contribution in [3.8, 4) is 11.5 Å². The lowest BCUT2D eigenvalue weighted by molar-refractivity contribution is -0.120. The molecule has 0 saturated carbocycles. The number of amides is 1. The molecule has 6 nitrogen and oxygen atoms in total. The molecule has 2 aromatic rings. The lowest BCUT2D eigenvalue weighted by atomic mass is 10.1. The van der Waals surface area contributed by atoms with Gasteiger partial charge in [-0.15, -0.1) is 0 Å². The Labute approximate surface area is 153 Å². The minimum atomic E-state index is -0.263. The Morgan fingerprint density at radius 3 is 2.73 bits per heavy atom. The van der Waals surface area contributed by atoms with Gasteiger partial charge in [0.25, 0.3) is 5.91 Å². The van der Waals surface area contributed by atoms with E-state index in [-0.39, 0.29) is 12.5 Å². The molecular weight excluding hydrogens is 332 g/mol. The van der Waals surface area contributed by atoms with E-state index in [2.05, 4.69) is 10.5 Å². The number of rotatable bonds is 8. The van der Waals surface area contributed by atoms with Crippen molar-refractivity contribution in [3.05, 3.63) is 53.1 Å². The lowest BCUT2D eigenvalue weighted by Gasteiger charge is -2.10. The van der Waals surface area contributed by atoms with Gasteiger partial charge in [-0.2, -0.15) is 0 Å². The number of anilines is 1. The number of nitrogens with one attached hydrogen (secondary N) is 1. The second kappa shape index (κ2) is 9.46. The molecule has 138 valence electrons. The van der Waals surface area contributed by atoms with Gasteiger partial charge in [-0.3, -0.25) is 4.79 Å². The predicted octanol–water partition coefficient (Wildman–Crippen LogP) is 3.70. The normalized spacial score (nSPS) is 10.6. The summed E-state index contributed by atoms with van der Waals surface area (Å²) < 4.78 is 10.7. The third-order valence-electron chi connectivity index (χ3n) is 3.84. The Morgan fingerprint density at radius 2 is 2.00 bits per heavy atom. The zero-order valence-corrected chi connectivity index (χ0v) is 15.5. The zero-order valence-electron chi connectivity index (χ0n) is 15.5. The molecule has 0 unspecified atom stereocenters. The Hall–Kier alpha value is -3.02. The van der Waals surface area contributed by atoms with Crippen LogP contribution < -0.4 is 14.8 Å². The molecule has 0 fully saturated rings. The van der Waals surface area contributed by atoms with Crippen LogP contribution in [0.1, 0.15) is 23.6 Å². The minimum Gasteiger partial charge on any atom is -0.493 e. The zero-order chi connectivity index (χ0) is 18.9. The first kappa shape index (κ1) is 19.3. The summed E-state index contributed by atoms with van der Waals surface area (Å²) in [6.45, 7) is 6.23. The topological polar surface area (TPSA) is 69.2 Å². The molecule has 0 radical (unpaired) electrons. The van der Waals surface area contributed by atoms with E-state index in [4.69, 9.17) is 14.3 Å². The number of aryl methyl sites for hydroxylation is 1. The monoisotopic (exact) mass is 356 g/mol. The maximum Gasteiger partial charge on any atom is 0.265 e. The summed E-state index contributed by atoms with van der Waals surface area (Å²) in [5, 5.41) is 6.65. The molecule has 1 N–H and O–H groups in total. The van der Waals surface area contributed by atoms with Crippen LogP contribution in [-0.4, -0.2) is 32.4 Å². The number of carbonyl (C=O) groups excluding carboxylic acids is 1. The van der Waals surface area contributed by atoms with Crippen LogP contribution in [0.5, 0.6) is 11.5 Å². The molecule has 0 aliphatic carbocycles. The Balaban J connectivity index is 1.89. The predicted molar refractivity (Wildman–Crippen MR) is 102 cm³/mol. The number of methoxy groups -OCH3 is 1. The SMILES string of the molecule is CCOc1cc(/C=N/OCC(=O)Nc2cccc(C)c2C)ccc1OC. The van der Waals surface area contributed by atoms with E-state index in [1.165, 1.54) is 6.21 Å². The fraction of sp³-hybridized carbons (Fsp3) is 0.300. The van der Waals surface area contributed by atoms with Gasteiger partial charge in [0.05, 0.1) is 19.9 Å². The molecule has 0 spiro atoms. The van der Waals surface area contributed by atoms with Gasteiger partial charge in [0, 0.05) is 11.3 Å². The van der Waals surface area contributed by atoms with Crippen LogP contribution >= 0.6 is 0 Å². The summed E-state index contributed by atoms with van der Waals surface area (Å²) in [6.07, 6.45) is 1.52. The van der Waals surface area contributed by atoms with Gasteiger partial charge in [-0.05, 0) is 56.2 Å². The highest BCUT2D eigenvalue weighted by Gasteiger charge is 2.07. The van der Waals surface area contributed by atoms with Crippen LogP contribution in [0.25, 0.3) is 0 Å². The quantitative estimate of drug-likeness (QED) is 0.578. The number of hydrogen-bond acceptors (Lipinski definition) is 5. The van der Waals surface area contributed by atoms with Crippen molar-refractivity contribution in [1.82, 2.24) is 0 Å². The smallest absolute Gasteiger partial charge is 0.265 e. The van der Waals surface area contributed by atoms with E-state index in [9.17, 15) is 4.79 Å². The molecule has 0 aromatic heterocycles. The molecule has 0 aliphatic rings. The molecule has 26 heavy (non-hydrogen) atoms. The number of oxime groups is 1. The minimum absolute atomic E-state index is 0.168. The molecule has 0 atom stereocenters. The van der Waals surface area contributed by atoms with Crippen molar-refractivity contribution in [1.29, 1.82) is 0 Å². The maximum absolute atomic E-state index is 12.0. The molecular formula is C20H24N2O4. The van der Waals surface area contributed by atoms with Crippen molar-refractivity contribution in [2.24, 2.45) is 5.16 Å². The summed E-state index contributed by atoms with van der Waals surface area (Å²) in [4.78, 5) is 17.0. The molecule has 1 amide bonds. The van der Waals surface area contributed by atoms with Gasteiger partial charge in [0.2, 0.25) is 0 Å². The maximum atomic E-state index is 12.0. The van der Waals surface area contributed by atoms with Crippen LogP contribution in [0.15, 0.2) is 41.6 Å². The summed E-state index contributed by atoms with van der Waals surface area (Å²) in [6, 6.07) is 11.2. The van der Waals surface area contributed by atoms with Crippen LogP contribution in [0.2, 0.25) is 0 Å². The van der Waals surface area contributed by atoms with Crippen LogP contribution in [0, 0.1) is 13.8 Å². The fourth-order valence-electron chi connectivity index (χ4n) is 2.31. The molecule has 0 aliphatic heterocycles. The Bertz CT molecular complexity index is 787. The molecule has 0 bridgehead atoms. The Morgan fingerprint density at radius 1 is 1.19 bits per heavy atom. The highest BCUT2D eigenvalue weighted by molar-refractivity contribution is 5.92. The third-order valence-corrected chi connectivity index (χ3v) is 3.84. The van der Waals surface area contributed by atoms with Crippen molar-refractivity contribution >= 4 is 17.8 Å². The second-order valence-corrected chi connectivity index (χ2v) is 5.65. The van der Waals surface area contributed by atoms with Gasteiger partial charge < -0.3 is 19.6 Å². The first-order chi connectivity index (χ1) is 12.5. The van der Waals surface area contributed by atoms with Crippen LogP contribution in [-0.2, 0) is 9.63 Å². The van der Waals surface area contributed by atoms with Gasteiger partial charge in [-0.25, -0.2) is 0 Å². The highest BCUT2D eigenvalue weighted by atomic mass is 16.6. The summed E-state index contributed by atoms with van der Waals surface area (Å²) in [5.41, 5.74) is 3.71. The fourth-order valence-corrected chi connectivity index (χ4v) is 2.31. The molecule has 2 aromatic carbocycles. The van der Waals surface area contributed by atoms with Gasteiger partial charge >= 0.3 is 0 Å². The summed E-state index contributed by atoms with van der Waals surface area (Å²) >= 11 is 0. The van der Waals surface area contributed by atoms with Crippen LogP contribution in [0.4, 0.5) is 5.69 Å². The number of benzene rings is 2. The van der Waals surface area contributed by atoms with Crippen molar-refractivity contribution < 1.29 is 19.1 Å². The van der Waals surface area contributed by atoms with E-state index < -0.39 is 0 Å². The highest BCUT2D eigenvalue weighted by Crippen LogP contribution is 2.27. The largest absolute Gasteiger partial charge is 0.493 e. The number of hydrogen-bond donors (Lipinski definition) is 1. The average molecular weight is 356 g/mol. The lowest BCUT2D eigenvalue weighted by Crippen LogP contribution is -2.17. The van der Waals surface area contributed by atoms with E-state index in [0.717, 1.165) is 22.4 Å². The molecule has 2 rings (SSSR count). The number of nitrogens with zero attached hydrogens (tertiary/aromatic N) is 1. The van der Waals surface area contributed by atoms with E-state index in [0.29, 0.717) is 18.1 Å².